The summed E-state index contributed by atoms with van der Waals surface area (Å²) in [5, 5.41) is 3.09. The molecular weight excluding hydrogens is 122 g/mol. The van der Waals surface area contributed by atoms with E-state index in [0.717, 1.165) is 19.4 Å². The average Bonchev–Trinajstić information content (AvgIpc) is 1.97. The first kappa shape index (κ1) is 9.52. The van der Waals surface area contributed by atoms with E-state index in [0.29, 0.717) is 0 Å². The van der Waals surface area contributed by atoms with Crippen LogP contribution in [0.3, 0.4) is 0 Å². The van der Waals surface area contributed by atoms with Gasteiger partial charge in [-0.3, -0.25) is 0 Å². The molecule has 58 valence electrons. The average molecular weight is 139 g/mol. The van der Waals surface area contributed by atoms with Crippen molar-refractivity contribution in [2.24, 2.45) is 0 Å². The molecule has 0 unspecified atom stereocenters. The fourth-order valence-electron chi connectivity index (χ4n) is 0.655. The Morgan fingerprint density at radius 1 is 1.20 bits per heavy atom. The fourth-order valence-corrected chi connectivity index (χ4v) is 0.655. The summed E-state index contributed by atoms with van der Waals surface area (Å²) in [4.78, 5) is 0. The molecule has 0 atom stereocenters. The Morgan fingerprint density at radius 2 is 1.90 bits per heavy atom. The minimum absolute atomic E-state index is 1.04. The van der Waals surface area contributed by atoms with Gasteiger partial charge in [0, 0.05) is 12.8 Å². The van der Waals surface area contributed by atoms with Crippen molar-refractivity contribution in [1.29, 1.82) is 0 Å². The maximum absolute atomic E-state index is 3.13. The standard InChI is InChI=1S/C9H17N/c1-3-4-5-6-7-8-9-10-2/h10H,3-4,7-9H2,1-2H3. The van der Waals surface area contributed by atoms with Crippen molar-refractivity contribution >= 4 is 0 Å². The molecule has 0 aromatic rings. The van der Waals surface area contributed by atoms with Crippen molar-refractivity contribution in [3.8, 4) is 11.8 Å². The molecule has 10 heavy (non-hydrogen) atoms. The molecular formula is C9H17N. The van der Waals surface area contributed by atoms with E-state index in [1.807, 2.05) is 7.05 Å². The second-order valence-corrected chi connectivity index (χ2v) is 2.31. The van der Waals surface area contributed by atoms with E-state index in [2.05, 4.69) is 24.1 Å². The van der Waals surface area contributed by atoms with Crippen LogP contribution in [0, 0.1) is 11.8 Å². The van der Waals surface area contributed by atoms with Gasteiger partial charge in [-0.1, -0.05) is 6.92 Å². The van der Waals surface area contributed by atoms with Crippen molar-refractivity contribution < 1.29 is 0 Å². The molecule has 0 fully saturated rings. The van der Waals surface area contributed by atoms with Gasteiger partial charge in [0.1, 0.15) is 0 Å². The molecule has 0 bridgehead atoms. The van der Waals surface area contributed by atoms with Crippen LogP contribution >= 0.6 is 0 Å². The van der Waals surface area contributed by atoms with Gasteiger partial charge in [-0.05, 0) is 26.4 Å². The molecule has 0 radical (unpaired) electrons. The summed E-state index contributed by atoms with van der Waals surface area (Å²) in [5.74, 6) is 6.25. The first-order valence-corrected chi connectivity index (χ1v) is 4.02. The Bertz CT molecular complexity index is 108. The van der Waals surface area contributed by atoms with Gasteiger partial charge in [0.05, 0.1) is 0 Å². The molecule has 0 rings (SSSR count). The minimum atomic E-state index is 1.04. The molecule has 1 nitrogen and oxygen atoms in total. The van der Waals surface area contributed by atoms with Crippen molar-refractivity contribution in [1.82, 2.24) is 5.32 Å². The SMILES string of the molecule is CCCC#CCCCNC. The summed E-state index contributed by atoms with van der Waals surface area (Å²) < 4.78 is 0. The molecule has 0 heterocycles. The molecule has 0 saturated heterocycles. The zero-order chi connectivity index (χ0) is 7.66. The number of rotatable bonds is 4. The van der Waals surface area contributed by atoms with Gasteiger partial charge in [0.2, 0.25) is 0 Å². The molecule has 0 spiro atoms. The van der Waals surface area contributed by atoms with Crippen LogP contribution in [0.15, 0.2) is 0 Å². The Hall–Kier alpha value is -0.480. The lowest BCUT2D eigenvalue weighted by Crippen LogP contribution is -2.06. The van der Waals surface area contributed by atoms with E-state index in [4.69, 9.17) is 0 Å². The number of hydrogen-bond acceptors (Lipinski definition) is 1. The predicted octanol–water partition coefficient (Wildman–Crippen LogP) is 1.79. The summed E-state index contributed by atoms with van der Waals surface area (Å²) in [6, 6.07) is 0. The van der Waals surface area contributed by atoms with Crippen LogP contribution in [-0.4, -0.2) is 13.6 Å². The quantitative estimate of drug-likeness (QED) is 0.462. The predicted molar refractivity (Wildman–Crippen MR) is 45.8 cm³/mol. The summed E-state index contributed by atoms with van der Waals surface area (Å²) >= 11 is 0. The third-order valence-electron chi connectivity index (χ3n) is 1.23. The highest BCUT2D eigenvalue weighted by molar-refractivity contribution is 4.98. The van der Waals surface area contributed by atoms with Gasteiger partial charge in [-0.15, -0.1) is 11.8 Å². The van der Waals surface area contributed by atoms with Gasteiger partial charge in [-0.25, -0.2) is 0 Å². The summed E-state index contributed by atoms with van der Waals surface area (Å²) in [7, 11) is 1.97. The third-order valence-corrected chi connectivity index (χ3v) is 1.23. The molecule has 0 aliphatic carbocycles. The highest BCUT2D eigenvalue weighted by atomic mass is 14.8. The van der Waals surface area contributed by atoms with Crippen LogP contribution in [0.25, 0.3) is 0 Å². The van der Waals surface area contributed by atoms with E-state index in [-0.39, 0.29) is 0 Å². The van der Waals surface area contributed by atoms with Crippen LogP contribution in [-0.2, 0) is 0 Å². The number of unbranched alkanes of at least 4 members (excludes halogenated alkanes) is 2. The molecule has 1 N–H and O–H groups in total. The fraction of sp³-hybridized carbons (Fsp3) is 0.778. The Balaban J connectivity index is 2.96. The lowest BCUT2D eigenvalue weighted by Gasteiger charge is -1.90. The first-order valence-electron chi connectivity index (χ1n) is 4.02. The van der Waals surface area contributed by atoms with Crippen LogP contribution in [0.2, 0.25) is 0 Å². The Labute approximate surface area is 64.2 Å². The zero-order valence-corrected chi connectivity index (χ0v) is 7.04. The van der Waals surface area contributed by atoms with Crippen molar-refractivity contribution in [3.63, 3.8) is 0 Å². The molecule has 0 amide bonds. The van der Waals surface area contributed by atoms with Gasteiger partial charge >= 0.3 is 0 Å². The molecule has 0 aliphatic heterocycles. The van der Waals surface area contributed by atoms with E-state index in [1.165, 1.54) is 12.8 Å². The monoisotopic (exact) mass is 139 g/mol. The topological polar surface area (TPSA) is 12.0 Å². The highest BCUT2D eigenvalue weighted by Gasteiger charge is 1.78. The second-order valence-electron chi connectivity index (χ2n) is 2.31. The van der Waals surface area contributed by atoms with Crippen molar-refractivity contribution in [2.45, 2.75) is 32.6 Å². The summed E-state index contributed by atoms with van der Waals surface area (Å²) in [5.41, 5.74) is 0. The van der Waals surface area contributed by atoms with Crippen molar-refractivity contribution in [2.75, 3.05) is 13.6 Å². The van der Waals surface area contributed by atoms with Crippen LogP contribution in [0.5, 0.6) is 0 Å². The lowest BCUT2D eigenvalue weighted by atomic mass is 10.3. The smallest absolute Gasteiger partial charge is 0.0101 e. The van der Waals surface area contributed by atoms with E-state index >= 15 is 0 Å². The molecule has 1 heteroatoms. The Morgan fingerprint density at radius 3 is 2.50 bits per heavy atom. The van der Waals surface area contributed by atoms with E-state index < -0.39 is 0 Å². The van der Waals surface area contributed by atoms with Crippen LogP contribution in [0.4, 0.5) is 0 Å². The minimum Gasteiger partial charge on any atom is -0.320 e. The highest BCUT2D eigenvalue weighted by Crippen LogP contribution is 1.85. The molecule has 0 aromatic heterocycles. The van der Waals surface area contributed by atoms with Crippen LogP contribution in [0.1, 0.15) is 32.6 Å². The molecule has 0 aromatic carbocycles. The van der Waals surface area contributed by atoms with Gasteiger partial charge in [0.25, 0.3) is 0 Å². The van der Waals surface area contributed by atoms with E-state index in [9.17, 15) is 0 Å². The lowest BCUT2D eigenvalue weighted by molar-refractivity contribution is 0.742. The van der Waals surface area contributed by atoms with Gasteiger partial charge < -0.3 is 5.32 Å². The summed E-state index contributed by atoms with van der Waals surface area (Å²) in [6.45, 7) is 3.24. The van der Waals surface area contributed by atoms with Crippen molar-refractivity contribution in [3.05, 3.63) is 0 Å². The number of nitrogens with one attached hydrogen (secondary N) is 1. The van der Waals surface area contributed by atoms with Gasteiger partial charge in [-0.2, -0.15) is 0 Å². The molecule has 0 aliphatic rings. The maximum Gasteiger partial charge on any atom is 0.0101 e. The largest absolute Gasteiger partial charge is 0.320 e. The second kappa shape index (κ2) is 8.52. The maximum atomic E-state index is 3.13. The normalized spacial score (nSPS) is 8.60. The van der Waals surface area contributed by atoms with E-state index in [1.54, 1.807) is 0 Å². The number of hydrogen-bond donors (Lipinski definition) is 1. The zero-order valence-electron chi connectivity index (χ0n) is 7.04. The molecule has 0 saturated carbocycles. The Kier molecular flexibility index (Phi) is 8.11. The van der Waals surface area contributed by atoms with Gasteiger partial charge in [0.15, 0.2) is 0 Å². The third kappa shape index (κ3) is 7.52. The first-order chi connectivity index (χ1) is 4.91. The van der Waals surface area contributed by atoms with Crippen LogP contribution < -0.4 is 5.32 Å². The summed E-state index contributed by atoms with van der Waals surface area (Å²) in [6.07, 6.45) is 4.45.